The fourth-order valence-corrected chi connectivity index (χ4v) is 3.67. The molecule has 0 amide bonds. The van der Waals surface area contributed by atoms with Crippen molar-refractivity contribution in [3.8, 4) is 0 Å². The van der Waals surface area contributed by atoms with Crippen LogP contribution < -0.4 is 5.32 Å². The molecule has 1 aromatic heterocycles. The highest BCUT2D eigenvalue weighted by molar-refractivity contribution is 6.14. The smallest absolute Gasteiger partial charge is 0.146 e. The van der Waals surface area contributed by atoms with Crippen LogP contribution in [-0.4, -0.2) is 33.0 Å². The number of aliphatic hydroxyl groups excluding tert-OH is 1. The molecule has 0 atom stereocenters. The molecule has 2 aliphatic rings. The van der Waals surface area contributed by atoms with Gasteiger partial charge in [0.1, 0.15) is 17.3 Å². The SMILES string of the molecule is C=C(N=C1C(OC2CCC(O)CC2)=CC=C/C1=C/C)Nc1ccc2nc[nH]c2c1. The molecular formula is C23H26N4O2. The molecule has 1 aromatic carbocycles. The minimum Gasteiger partial charge on any atom is -0.488 e. The van der Waals surface area contributed by atoms with Gasteiger partial charge in [0.05, 0.1) is 29.6 Å². The van der Waals surface area contributed by atoms with E-state index in [0.29, 0.717) is 5.82 Å². The van der Waals surface area contributed by atoms with Gasteiger partial charge in [0.15, 0.2) is 0 Å². The topological polar surface area (TPSA) is 82.5 Å². The largest absolute Gasteiger partial charge is 0.488 e. The summed E-state index contributed by atoms with van der Waals surface area (Å²) in [5.41, 5.74) is 4.51. The quantitative estimate of drug-likeness (QED) is 0.696. The van der Waals surface area contributed by atoms with E-state index in [0.717, 1.165) is 59.4 Å². The van der Waals surface area contributed by atoms with Gasteiger partial charge in [0.25, 0.3) is 0 Å². The molecule has 2 aliphatic carbocycles. The van der Waals surface area contributed by atoms with E-state index in [9.17, 15) is 5.11 Å². The minimum atomic E-state index is -0.203. The highest BCUT2D eigenvalue weighted by Gasteiger charge is 2.24. The number of ether oxygens (including phenoxy) is 1. The predicted octanol–water partition coefficient (Wildman–Crippen LogP) is 4.61. The van der Waals surface area contributed by atoms with E-state index in [1.54, 1.807) is 6.33 Å². The number of aliphatic imine (C=N–C) groups is 1. The molecule has 3 N–H and O–H groups in total. The van der Waals surface area contributed by atoms with Crippen LogP contribution in [0.25, 0.3) is 11.0 Å². The van der Waals surface area contributed by atoms with Crippen molar-refractivity contribution in [3.05, 3.63) is 72.6 Å². The van der Waals surface area contributed by atoms with E-state index in [4.69, 9.17) is 9.73 Å². The van der Waals surface area contributed by atoms with Crippen LogP contribution in [0.1, 0.15) is 32.6 Å². The van der Waals surface area contributed by atoms with Crippen molar-refractivity contribution in [1.29, 1.82) is 0 Å². The lowest BCUT2D eigenvalue weighted by Gasteiger charge is -2.28. The van der Waals surface area contributed by atoms with E-state index in [1.807, 2.05) is 49.4 Å². The monoisotopic (exact) mass is 390 g/mol. The van der Waals surface area contributed by atoms with Crippen LogP contribution in [0.4, 0.5) is 5.69 Å². The third-order valence-electron chi connectivity index (χ3n) is 5.23. The number of fused-ring (bicyclic) bond motifs is 1. The number of aromatic amines is 1. The summed E-state index contributed by atoms with van der Waals surface area (Å²) in [6, 6.07) is 5.87. The second kappa shape index (κ2) is 8.49. The Bertz CT molecular complexity index is 1020. The van der Waals surface area contributed by atoms with Crippen molar-refractivity contribution in [2.24, 2.45) is 4.99 Å². The van der Waals surface area contributed by atoms with Crippen LogP contribution in [0, 0.1) is 0 Å². The van der Waals surface area contributed by atoms with Gasteiger partial charge in [0.2, 0.25) is 0 Å². The van der Waals surface area contributed by atoms with Crippen molar-refractivity contribution in [2.45, 2.75) is 44.8 Å². The van der Waals surface area contributed by atoms with Crippen molar-refractivity contribution < 1.29 is 9.84 Å². The predicted molar refractivity (Wildman–Crippen MR) is 117 cm³/mol. The molecule has 4 rings (SSSR count). The molecule has 1 fully saturated rings. The number of benzene rings is 1. The van der Waals surface area contributed by atoms with Gasteiger partial charge < -0.3 is 20.1 Å². The second-order valence-electron chi connectivity index (χ2n) is 7.35. The molecule has 0 radical (unpaired) electrons. The van der Waals surface area contributed by atoms with E-state index >= 15 is 0 Å². The van der Waals surface area contributed by atoms with Gasteiger partial charge in [-0.3, -0.25) is 0 Å². The number of anilines is 1. The van der Waals surface area contributed by atoms with Crippen molar-refractivity contribution in [1.82, 2.24) is 9.97 Å². The number of nitrogens with zero attached hydrogens (tertiary/aromatic N) is 2. The van der Waals surface area contributed by atoms with Gasteiger partial charge in [-0.1, -0.05) is 24.8 Å². The molecule has 6 nitrogen and oxygen atoms in total. The first-order chi connectivity index (χ1) is 14.1. The number of rotatable bonds is 5. The van der Waals surface area contributed by atoms with Gasteiger partial charge in [-0.05, 0) is 62.5 Å². The van der Waals surface area contributed by atoms with Crippen LogP contribution >= 0.6 is 0 Å². The number of hydrogen-bond donors (Lipinski definition) is 3. The van der Waals surface area contributed by atoms with Crippen LogP contribution in [0.15, 0.2) is 77.6 Å². The van der Waals surface area contributed by atoms with Crippen molar-refractivity contribution >= 4 is 22.4 Å². The summed E-state index contributed by atoms with van der Waals surface area (Å²) in [5, 5.41) is 13.0. The zero-order valence-electron chi connectivity index (χ0n) is 16.6. The molecule has 0 saturated heterocycles. The minimum absolute atomic E-state index is 0.100. The Morgan fingerprint density at radius 2 is 2.17 bits per heavy atom. The Morgan fingerprint density at radius 1 is 1.34 bits per heavy atom. The summed E-state index contributed by atoms with van der Waals surface area (Å²) in [6.07, 6.45) is 12.8. The Hall–Kier alpha value is -3.12. The summed E-state index contributed by atoms with van der Waals surface area (Å²) >= 11 is 0. The highest BCUT2D eigenvalue weighted by atomic mass is 16.5. The lowest BCUT2D eigenvalue weighted by molar-refractivity contribution is 0.0379. The van der Waals surface area contributed by atoms with E-state index in [-0.39, 0.29) is 12.2 Å². The molecular weight excluding hydrogens is 364 g/mol. The third kappa shape index (κ3) is 4.49. The average Bonchev–Trinajstić information content (AvgIpc) is 3.18. The van der Waals surface area contributed by atoms with Crippen LogP contribution in [0.5, 0.6) is 0 Å². The zero-order valence-corrected chi connectivity index (χ0v) is 16.6. The third-order valence-corrected chi connectivity index (χ3v) is 5.23. The van der Waals surface area contributed by atoms with Gasteiger partial charge in [-0.25, -0.2) is 9.98 Å². The first kappa shape index (κ1) is 19.2. The lowest BCUT2D eigenvalue weighted by Crippen LogP contribution is -2.26. The standard InChI is InChI=1S/C23H26N4O2/c1-3-16-5-4-6-22(29-19-10-8-18(28)9-11-19)23(16)27-15(2)26-17-7-12-20-21(13-17)25-14-24-20/h3-7,12-14,18-19,26,28H,2,8-11H2,1H3,(H,24,25)/b16-3-,27-23?. The summed E-state index contributed by atoms with van der Waals surface area (Å²) in [6.45, 7) is 6.06. The Labute approximate surface area is 170 Å². The van der Waals surface area contributed by atoms with Gasteiger partial charge in [0, 0.05) is 5.69 Å². The Kier molecular flexibility index (Phi) is 5.62. The molecule has 0 aliphatic heterocycles. The van der Waals surface area contributed by atoms with Gasteiger partial charge >= 0.3 is 0 Å². The van der Waals surface area contributed by atoms with Crippen molar-refractivity contribution in [3.63, 3.8) is 0 Å². The molecule has 0 unspecified atom stereocenters. The maximum atomic E-state index is 9.74. The average molecular weight is 390 g/mol. The summed E-state index contributed by atoms with van der Waals surface area (Å²) in [7, 11) is 0. The first-order valence-corrected chi connectivity index (χ1v) is 10.0. The van der Waals surface area contributed by atoms with Crippen LogP contribution in [0.3, 0.4) is 0 Å². The Morgan fingerprint density at radius 3 is 2.97 bits per heavy atom. The number of nitrogens with one attached hydrogen (secondary N) is 2. The number of hydrogen-bond acceptors (Lipinski definition) is 5. The molecule has 2 aromatic rings. The molecule has 29 heavy (non-hydrogen) atoms. The maximum Gasteiger partial charge on any atom is 0.146 e. The summed E-state index contributed by atoms with van der Waals surface area (Å²) in [5.74, 6) is 1.27. The molecule has 150 valence electrons. The number of H-pyrrole nitrogens is 1. The first-order valence-electron chi connectivity index (χ1n) is 10.0. The Balaban J connectivity index is 1.51. The molecule has 6 heteroatoms. The fourth-order valence-electron chi connectivity index (χ4n) is 3.67. The number of allylic oxidation sites excluding steroid dienone is 5. The fraction of sp³-hybridized carbons (Fsp3) is 0.304. The molecule has 0 spiro atoms. The molecule has 1 heterocycles. The van der Waals surface area contributed by atoms with E-state index in [2.05, 4.69) is 21.9 Å². The van der Waals surface area contributed by atoms with Crippen molar-refractivity contribution in [2.75, 3.05) is 5.32 Å². The second-order valence-corrected chi connectivity index (χ2v) is 7.35. The lowest BCUT2D eigenvalue weighted by atomic mass is 9.94. The van der Waals surface area contributed by atoms with E-state index < -0.39 is 0 Å². The van der Waals surface area contributed by atoms with E-state index in [1.165, 1.54) is 0 Å². The maximum absolute atomic E-state index is 9.74. The summed E-state index contributed by atoms with van der Waals surface area (Å²) < 4.78 is 6.27. The van der Waals surface area contributed by atoms with Crippen LogP contribution in [-0.2, 0) is 4.74 Å². The molecule has 0 bridgehead atoms. The van der Waals surface area contributed by atoms with Gasteiger partial charge in [-0.15, -0.1) is 0 Å². The number of imidazole rings is 1. The summed E-state index contributed by atoms with van der Waals surface area (Å²) in [4.78, 5) is 12.1. The van der Waals surface area contributed by atoms with Crippen LogP contribution in [0.2, 0.25) is 0 Å². The highest BCUT2D eigenvalue weighted by Crippen LogP contribution is 2.27. The zero-order chi connectivity index (χ0) is 20.2. The molecule has 1 saturated carbocycles. The normalized spacial score (nSPS) is 24.7. The van der Waals surface area contributed by atoms with Gasteiger partial charge in [-0.2, -0.15) is 0 Å². The number of aliphatic hydroxyl groups is 1. The number of aromatic nitrogens is 2.